The van der Waals surface area contributed by atoms with Gasteiger partial charge in [0.05, 0.1) is 0 Å². The number of rotatable bonds is 4. The van der Waals surface area contributed by atoms with Crippen molar-refractivity contribution in [2.45, 2.75) is 33.1 Å². The second-order valence-electron chi connectivity index (χ2n) is 3.51. The van der Waals surface area contributed by atoms with Gasteiger partial charge in [-0.25, -0.2) is 0 Å². The van der Waals surface area contributed by atoms with E-state index in [1.165, 1.54) is 0 Å². The van der Waals surface area contributed by atoms with Crippen LogP contribution in [0.5, 0.6) is 5.75 Å². The molecular formula is C12H16O2. The van der Waals surface area contributed by atoms with Gasteiger partial charge in [0.25, 0.3) is 0 Å². The largest absolute Gasteiger partial charge is 0.508 e. The molecule has 0 radical (unpaired) electrons. The molecule has 0 aromatic heterocycles. The summed E-state index contributed by atoms with van der Waals surface area (Å²) in [6, 6.07) is 5.48. The molecule has 1 aromatic rings. The highest BCUT2D eigenvalue weighted by molar-refractivity contribution is 5.78. The average Bonchev–Trinajstić information content (AvgIpc) is 2.19. The van der Waals surface area contributed by atoms with Gasteiger partial charge in [-0.3, -0.25) is 4.79 Å². The van der Waals surface area contributed by atoms with Crippen molar-refractivity contribution in [1.82, 2.24) is 0 Å². The molecule has 0 aliphatic carbocycles. The smallest absolute Gasteiger partial charge is 0.132 e. The molecule has 0 fully saturated rings. The van der Waals surface area contributed by atoms with Crippen LogP contribution in [0.3, 0.4) is 0 Å². The van der Waals surface area contributed by atoms with Crippen LogP contribution in [0.4, 0.5) is 0 Å². The molecule has 0 aliphatic heterocycles. The molecule has 0 heterocycles. The summed E-state index contributed by atoms with van der Waals surface area (Å²) in [4.78, 5) is 11.1. The second-order valence-corrected chi connectivity index (χ2v) is 3.51. The van der Waals surface area contributed by atoms with Gasteiger partial charge in [-0.15, -0.1) is 0 Å². The van der Waals surface area contributed by atoms with Crippen LogP contribution in [0.15, 0.2) is 18.2 Å². The quantitative estimate of drug-likeness (QED) is 0.796. The van der Waals surface area contributed by atoms with Crippen LogP contribution < -0.4 is 0 Å². The van der Waals surface area contributed by atoms with E-state index >= 15 is 0 Å². The Morgan fingerprint density at radius 1 is 1.43 bits per heavy atom. The highest BCUT2D eigenvalue weighted by Crippen LogP contribution is 2.17. The lowest BCUT2D eigenvalue weighted by Gasteiger charge is -2.03. The van der Waals surface area contributed by atoms with E-state index in [1.807, 2.05) is 26.0 Å². The third-order valence-corrected chi connectivity index (χ3v) is 2.35. The lowest BCUT2D eigenvalue weighted by atomic mass is 10.0. The SMILES string of the molecule is CCC(=O)CCc1ccc(O)c(C)c1. The maximum Gasteiger partial charge on any atom is 0.132 e. The second kappa shape index (κ2) is 4.80. The number of phenolic OH excluding ortho intramolecular Hbond substituents is 1. The zero-order chi connectivity index (χ0) is 10.6. The number of hydrogen-bond acceptors (Lipinski definition) is 2. The third kappa shape index (κ3) is 2.87. The Bertz CT molecular complexity index is 329. The lowest BCUT2D eigenvalue weighted by molar-refractivity contribution is -0.118. The number of aryl methyl sites for hydroxylation is 2. The summed E-state index contributed by atoms with van der Waals surface area (Å²) in [5.74, 6) is 0.603. The summed E-state index contributed by atoms with van der Waals surface area (Å²) < 4.78 is 0. The first-order chi connectivity index (χ1) is 6.63. The zero-order valence-electron chi connectivity index (χ0n) is 8.71. The van der Waals surface area contributed by atoms with Gasteiger partial charge in [-0.2, -0.15) is 0 Å². The van der Waals surface area contributed by atoms with Crippen molar-refractivity contribution in [3.8, 4) is 5.75 Å². The van der Waals surface area contributed by atoms with Crippen LogP contribution in [0.25, 0.3) is 0 Å². The number of hydrogen-bond donors (Lipinski definition) is 1. The fraction of sp³-hybridized carbons (Fsp3) is 0.417. The maximum absolute atomic E-state index is 11.1. The Morgan fingerprint density at radius 3 is 2.71 bits per heavy atom. The Balaban J connectivity index is 2.60. The summed E-state index contributed by atoms with van der Waals surface area (Å²) in [7, 11) is 0. The van der Waals surface area contributed by atoms with E-state index in [0.29, 0.717) is 18.6 Å². The zero-order valence-corrected chi connectivity index (χ0v) is 8.71. The number of carbonyl (C=O) groups excluding carboxylic acids is 1. The van der Waals surface area contributed by atoms with E-state index in [9.17, 15) is 9.90 Å². The molecule has 76 valence electrons. The van der Waals surface area contributed by atoms with Gasteiger partial charge >= 0.3 is 0 Å². The predicted molar refractivity (Wildman–Crippen MR) is 56.5 cm³/mol. The summed E-state index contributed by atoms with van der Waals surface area (Å²) in [5, 5.41) is 9.30. The topological polar surface area (TPSA) is 37.3 Å². The first-order valence-corrected chi connectivity index (χ1v) is 4.93. The molecule has 0 saturated heterocycles. The monoisotopic (exact) mass is 192 g/mol. The molecule has 0 unspecified atom stereocenters. The standard InChI is InChI=1S/C12H16O2/c1-3-11(13)6-4-10-5-7-12(14)9(2)8-10/h5,7-8,14H,3-4,6H2,1-2H3. The highest BCUT2D eigenvalue weighted by atomic mass is 16.3. The fourth-order valence-electron chi connectivity index (χ4n) is 1.33. The molecule has 0 amide bonds. The molecule has 1 rings (SSSR count). The summed E-state index contributed by atoms with van der Waals surface area (Å²) >= 11 is 0. The molecule has 0 atom stereocenters. The molecule has 0 aliphatic rings. The third-order valence-electron chi connectivity index (χ3n) is 2.35. The Labute approximate surface area is 84.6 Å². The number of carbonyl (C=O) groups is 1. The molecule has 0 saturated carbocycles. The van der Waals surface area contributed by atoms with Crippen LogP contribution >= 0.6 is 0 Å². The van der Waals surface area contributed by atoms with E-state index < -0.39 is 0 Å². The number of Topliss-reactive ketones (excluding diaryl/α,β-unsaturated/α-hetero) is 1. The van der Waals surface area contributed by atoms with Crippen molar-refractivity contribution in [1.29, 1.82) is 0 Å². The van der Waals surface area contributed by atoms with E-state index in [1.54, 1.807) is 6.07 Å². The summed E-state index contributed by atoms with van der Waals surface area (Å²) in [5.41, 5.74) is 1.98. The minimum absolute atomic E-state index is 0.288. The van der Waals surface area contributed by atoms with Gasteiger partial charge in [0.1, 0.15) is 11.5 Å². The van der Waals surface area contributed by atoms with Crippen LogP contribution in [0.2, 0.25) is 0 Å². The Kier molecular flexibility index (Phi) is 3.69. The molecule has 0 spiro atoms. The molecule has 1 aromatic carbocycles. The molecular weight excluding hydrogens is 176 g/mol. The van der Waals surface area contributed by atoms with Crippen molar-refractivity contribution in [2.75, 3.05) is 0 Å². The van der Waals surface area contributed by atoms with E-state index in [4.69, 9.17) is 0 Å². The van der Waals surface area contributed by atoms with E-state index in [0.717, 1.165) is 17.5 Å². The number of benzene rings is 1. The Hall–Kier alpha value is -1.31. The van der Waals surface area contributed by atoms with Crippen LogP contribution in [0.1, 0.15) is 30.9 Å². The molecule has 1 N–H and O–H groups in total. The van der Waals surface area contributed by atoms with Crippen LogP contribution in [-0.2, 0) is 11.2 Å². The van der Waals surface area contributed by atoms with Gasteiger partial charge in [-0.05, 0) is 30.5 Å². The van der Waals surface area contributed by atoms with E-state index in [2.05, 4.69) is 0 Å². The molecule has 0 bridgehead atoms. The minimum Gasteiger partial charge on any atom is -0.508 e. The first kappa shape index (κ1) is 10.8. The summed E-state index contributed by atoms with van der Waals surface area (Å²) in [6.45, 7) is 3.74. The average molecular weight is 192 g/mol. The van der Waals surface area contributed by atoms with Crippen molar-refractivity contribution < 1.29 is 9.90 Å². The molecule has 2 heteroatoms. The highest BCUT2D eigenvalue weighted by Gasteiger charge is 2.01. The number of phenols is 1. The fourth-order valence-corrected chi connectivity index (χ4v) is 1.33. The minimum atomic E-state index is 0.288. The van der Waals surface area contributed by atoms with Gasteiger partial charge in [0, 0.05) is 12.8 Å². The van der Waals surface area contributed by atoms with E-state index in [-0.39, 0.29) is 5.78 Å². The van der Waals surface area contributed by atoms with Crippen molar-refractivity contribution in [2.24, 2.45) is 0 Å². The van der Waals surface area contributed by atoms with Crippen LogP contribution in [-0.4, -0.2) is 10.9 Å². The number of aromatic hydroxyl groups is 1. The van der Waals surface area contributed by atoms with Crippen molar-refractivity contribution >= 4 is 5.78 Å². The van der Waals surface area contributed by atoms with Gasteiger partial charge in [-0.1, -0.05) is 19.1 Å². The Morgan fingerprint density at radius 2 is 2.14 bits per heavy atom. The van der Waals surface area contributed by atoms with Gasteiger partial charge < -0.3 is 5.11 Å². The predicted octanol–water partition coefficient (Wildman–Crippen LogP) is 2.61. The summed E-state index contributed by atoms with van der Waals surface area (Å²) in [6.07, 6.45) is 1.98. The van der Waals surface area contributed by atoms with Gasteiger partial charge in [0.15, 0.2) is 0 Å². The number of ketones is 1. The first-order valence-electron chi connectivity index (χ1n) is 4.93. The normalized spacial score (nSPS) is 10.1. The molecule has 14 heavy (non-hydrogen) atoms. The maximum atomic E-state index is 11.1. The van der Waals surface area contributed by atoms with Crippen molar-refractivity contribution in [3.05, 3.63) is 29.3 Å². The molecule has 2 nitrogen and oxygen atoms in total. The van der Waals surface area contributed by atoms with Crippen LogP contribution in [0, 0.1) is 6.92 Å². The van der Waals surface area contributed by atoms with Crippen molar-refractivity contribution in [3.63, 3.8) is 0 Å². The lowest BCUT2D eigenvalue weighted by Crippen LogP contribution is -1.97. The van der Waals surface area contributed by atoms with Gasteiger partial charge in [0.2, 0.25) is 0 Å².